The molecular formula is C20H31N4O6PS. The van der Waals surface area contributed by atoms with Crippen molar-refractivity contribution in [3.8, 4) is 0 Å². The fourth-order valence-corrected chi connectivity index (χ4v) is 6.44. The second-order valence-corrected chi connectivity index (χ2v) is 11.1. The number of fused-ring (bicyclic) bond motifs is 1. The van der Waals surface area contributed by atoms with E-state index in [2.05, 4.69) is 15.7 Å². The molecule has 10 nitrogen and oxygen atoms in total. The van der Waals surface area contributed by atoms with Gasteiger partial charge in [0.05, 0.1) is 18.7 Å². The summed E-state index contributed by atoms with van der Waals surface area (Å²) in [6, 6.07) is 6.22. The number of carboxylic acid groups (broad SMARTS) is 1. The minimum Gasteiger partial charge on any atom is -0.480 e. The summed E-state index contributed by atoms with van der Waals surface area (Å²) in [6.07, 6.45) is 3.91. The molecule has 32 heavy (non-hydrogen) atoms. The molecule has 0 aromatic heterocycles. The number of carboxylic acids is 1. The van der Waals surface area contributed by atoms with E-state index in [9.17, 15) is 14.2 Å². The molecule has 3 rings (SSSR count). The number of rotatable bonds is 13. The number of benzene rings is 1. The molecular weight excluding hydrogens is 455 g/mol. The number of nitrogens with two attached hydrogens (primary N) is 1. The normalized spacial score (nSPS) is 24.8. The number of hydrogen-bond donors (Lipinski definition) is 5. The van der Waals surface area contributed by atoms with Crippen molar-refractivity contribution >= 4 is 37.2 Å². The minimum atomic E-state index is -3.50. The van der Waals surface area contributed by atoms with Crippen LogP contribution in [0.2, 0.25) is 0 Å². The van der Waals surface area contributed by atoms with Gasteiger partial charge in [0.15, 0.2) is 0 Å². The Morgan fingerprint density at radius 2 is 2.06 bits per heavy atom. The molecule has 2 fully saturated rings. The summed E-state index contributed by atoms with van der Waals surface area (Å²) >= 11 is 1.90. The second kappa shape index (κ2) is 11.4. The van der Waals surface area contributed by atoms with Gasteiger partial charge in [0.1, 0.15) is 6.04 Å². The molecule has 0 bridgehead atoms. The first-order valence-corrected chi connectivity index (χ1v) is 13.2. The van der Waals surface area contributed by atoms with E-state index in [0.29, 0.717) is 17.5 Å². The number of carbonyl (C=O) groups excluding carboxylic acids is 1. The standard InChI is InChI=1S/C20H31N4O6PS/c1-29-31(28,24-14-8-6-13(7-9-14)11-15(21)19(25)26)30-10-4-2-3-5-17-18-16(12-32-17)22-20(27)23-18/h6-9,15-18H,2-5,10-12,21H2,1H3,(H,24,28)(H,25,26)(H2,22,23,27)/t15-,16-,17-,18-,31?/m0/s1. The van der Waals surface area contributed by atoms with Crippen LogP contribution in [0.15, 0.2) is 24.3 Å². The average molecular weight is 487 g/mol. The number of amides is 2. The molecule has 2 saturated heterocycles. The quantitative estimate of drug-likeness (QED) is 0.161. The monoisotopic (exact) mass is 486 g/mol. The molecule has 1 unspecified atom stereocenters. The van der Waals surface area contributed by atoms with Crippen molar-refractivity contribution in [1.29, 1.82) is 0 Å². The summed E-state index contributed by atoms with van der Waals surface area (Å²) in [6.45, 7) is 0.297. The molecule has 2 aliphatic heterocycles. The van der Waals surface area contributed by atoms with Crippen LogP contribution in [0.4, 0.5) is 10.5 Å². The number of anilines is 1. The SMILES string of the molecule is COP(=O)(Nc1ccc(C[C@H](N)C(=O)O)cc1)OCCCCC[C@@H]1SC[C@@H]2NC(=O)N[C@@H]21. The summed E-state index contributed by atoms with van der Waals surface area (Å²) in [4.78, 5) is 22.3. The van der Waals surface area contributed by atoms with E-state index in [-0.39, 0.29) is 24.5 Å². The first-order chi connectivity index (χ1) is 15.3. The van der Waals surface area contributed by atoms with Gasteiger partial charge in [-0.15, -0.1) is 0 Å². The van der Waals surface area contributed by atoms with Gasteiger partial charge in [0.2, 0.25) is 0 Å². The van der Waals surface area contributed by atoms with Crippen molar-refractivity contribution < 1.29 is 28.3 Å². The van der Waals surface area contributed by atoms with E-state index in [1.165, 1.54) is 7.11 Å². The maximum Gasteiger partial charge on any atom is 0.432 e. The van der Waals surface area contributed by atoms with Crippen LogP contribution in [0.5, 0.6) is 0 Å². The van der Waals surface area contributed by atoms with E-state index in [1.54, 1.807) is 24.3 Å². The van der Waals surface area contributed by atoms with Gasteiger partial charge in [0, 0.05) is 23.8 Å². The lowest BCUT2D eigenvalue weighted by Gasteiger charge is -2.19. The summed E-state index contributed by atoms with van der Waals surface area (Å²) in [5, 5.41) is 18.1. The molecule has 0 spiro atoms. The van der Waals surface area contributed by atoms with Crippen LogP contribution in [0.1, 0.15) is 31.2 Å². The summed E-state index contributed by atoms with van der Waals surface area (Å²) < 4.78 is 23.4. The highest BCUT2D eigenvalue weighted by molar-refractivity contribution is 8.00. The third kappa shape index (κ3) is 6.86. The molecule has 5 atom stereocenters. The Morgan fingerprint density at radius 3 is 2.75 bits per heavy atom. The fourth-order valence-electron chi connectivity index (χ4n) is 3.80. The largest absolute Gasteiger partial charge is 0.480 e. The topological polar surface area (TPSA) is 152 Å². The number of unbranched alkanes of at least 4 members (excludes halogenated alkanes) is 2. The van der Waals surface area contributed by atoms with Crippen molar-refractivity contribution in [3.63, 3.8) is 0 Å². The van der Waals surface area contributed by atoms with E-state index >= 15 is 0 Å². The zero-order valence-corrected chi connectivity index (χ0v) is 19.7. The maximum atomic E-state index is 12.8. The molecule has 1 aromatic rings. The van der Waals surface area contributed by atoms with Gasteiger partial charge >= 0.3 is 19.7 Å². The van der Waals surface area contributed by atoms with Crippen molar-refractivity contribution in [2.24, 2.45) is 5.73 Å². The highest BCUT2D eigenvalue weighted by Crippen LogP contribution is 2.47. The van der Waals surface area contributed by atoms with Gasteiger partial charge in [-0.1, -0.05) is 25.0 Å². The Bertz CT molecular complexity index is 842. The van der Waals surface area contributed by atoms with E-state index in [0.717, 1.165) is 37.0 Å². The third-order valence-electron chi connectivity index (χ3n) is 5.57. The van der Waals surface area contributed by atoms with Crippen molar-refractivity contribution in [2.75, 3.05) is 24.6 Å². The first-order valence-electron chi connectivity index (χ1n) is 10.6. The van der Waals surface area contributed by atoms with Crippen LogP contribution in [0, 0.1) is 0 Å². The number of urea groups is 1. The molecule has 6 N–H and O–H groups in total. The predicted octanol–water partition coefficient (Wildman–Crippen LogP) is 2.55. The third-order valence-corrected chi connectivity index (χ3v) is 8.61. The Hall–Kier alpha value is -1.78. The van der Waals surface area contributed by atoms with E-state index in [4.69, 9.17) is 19.9 Å². The van der Waals surface area contributed by atoms with E-state index < -0.39 is 19.8 Å². The van der Waals surface area contributed by atoms with Crippen LogP contribution >= 0.6 is 19.5 Å². The molecule has 2 heterocycles. The van der Waals surface area contributed by atoms with Crippen LogP contribution in [0.25, 0.3) is 0 Å². The van der Waals surface area contributed by atoms with E-state index in [1.807, 2.05) is 11.8 Å². The van der Waals surface area contributed by atoms with Crippen molar-refractivity contribution in [2.45, 2.75) is 55.5 Å². The zero-order valence-electron chi connectivity index (χ0n) is 18.0. The summed E-state index contributed by atoms with van der Waals surface area (Å²) in [7, 11) is -2.17. The molecule has 12 heteroatoms. The highest BCUT2D eigenvalue weighted by Gasteiger charge is 2.42. The van der Waals surface area contributed by atoms with Crippen LogP contribution in [-0.2, 0) is 24.8 Å². The number of carbonyl (C=O) groups is 2. The summed E-state index contributed by atoms with van der Waals surface area (Å²) in [5.41, 5.74) is 6.85. The maximum absolute atomic E-state index is 12.8. The Kier molecular flexibility index (Phi) is 8.84. The highest BCUT2D eigenvalue weighted by atomic mass is 32.2. The van der Waals surface area contributed by atoms with Crippen LogP contribution in [0.3, 0.4) is 0 Å². The number of aliphatic carboxylic acids is 1. The molecule has 2 aliphatic rings. The van der Waals surface area contributed by atoms with Gasteiger partial charge in [0.25, 0.3) is 0 Å². The molecule has 1 aromatic carbocycles. The lowest BCUT2D eigenvalue weighted by molar-refractivity contribution is -0.138. The second-order valence-electron chi connectivity index (χ2n) is 7.94. The van der Waals surface area contributed by atoms with Gasteiger partial charge in [-0.05, 0) is 37.0 Å². The molecule has 2 amide bonds. The average Bonchev–Trinajstić information content (AvgIpc) is 3.31. The molecule has 178 valence electrons. The van der Waals surface area contributed by atoms with Gasteiger partial charge in [-0.3, -0.25) is 18.9 Å². The number of thioether (sulfide) groups is 1. The Morgan fingerprint density at radius 1 is 1.31 bits per heavy atom. The van der Waals surface area contributed by atoms with Crippen molar-refractivity contribution in [3.05, 3.63) is 29.8 Å². The molecule has 0 radical (unpaired) electrons. The Labute approximate surface area is 192 Å². The lowest BCUT2D eigenvalue weighted by Crippen LogP contribution is -2.36. The molecule has 0 aliphatic carbocycles. The number of nitrogens with one attached hydrogen (secondary N) is 3. The van der Waals surface area contributed by atoms with Gasteiger partial charge in [-0.2, -0.15) is 11.8 Å². The van der Waals surface area contributed by atoms with Gasteiger partial charge < -0.3 is 21.5 Å². The summed E-state index contributed by atoms with van der Waals surface area (Å²) in [5.74, 6) is -0.106. The predicted molar refractivity (Wildman–Crippen MR) is 124 cm³/mol. The zero-order chi connectivity index (χ0) is 23.1. The van der Waals surface area contributed by atoms with Gasteiger partial charge in [-0.25, -0.2) is 9.36 Å². The molecule has 0 saturated carbocycles. The Balaban J connectivity index is 1.35. The van der Waals surface area contributed by atoms with Crippen LogP contribution < -0.4 is 21.5 Å². The number of hydrogen-bond acceptors (Lipinski definition) is 7. The lowest BCUT2D eigenvalue weighted by atomic mass is 10.0. The fraction of sp³-hybridized carbons (Fsp3) is 0.600. The smallest absolute Gasteiger partial charge is 0.432 e. The first kappa shape index (κ1) is 24.9. The van der Waals surface area contributed by atoms with Crippen molar-refractivity contribution in [1.82, 2.24) is 10.6 Å². The minimum absolute atomic E-state index is 0.0695. The van der Waals surface area contributed by atoms with Crippen LogP contribution in [-0.4, -0.2) is 60.0 Å².